The number of hydrogen-bond donors (Lipinski definition) is 3. The molecule has 4 amide bonds. The van der Waals surface area contributed by atoms with Gasteiger partial charge < -0.3 is 20.9 Å². The van der Waals surface area contributed by atoms with Crippen molar-refractivity contribution in [3.8, 4) is 0 Å². The number of halogens is 2. The van der Waals surface area contributed by atoms with E-state index in [9.17, 15) is 14.4 Å². The number of urea groups is 1. The molecule has 34 heavy (non-hydrogen) atoms. The summed E-state index contributed by atoms with van der Waals surface area (Å²) in [6.45, 7) is 4.84. The van der Waals surface area contributed by atoms with Gasteiger partial charge in [0.1, 0.15) is 6.04 Å². The van der Waals surface area contributed by atoms with Gasteiger partial charge in [0, 0.05) is 29.8 Å². The van der Waals surface area contributed by atoms with Crippen LogP contribution in [0.3, 0.4) is 0 Å². The monoisotopic (exact) mass is 504 g/mol. The SMILES string of the molecule is CCC(C)NC(=O)C(NC(=O)c1ccccc1Cl)C1CCN(C(=O)Nc2cccc(Cl)c2)CC1. The van der Waals surface area contributed by atoms with Gasteiger partial charge in [0.25, 0.3) is 5.91 Å². The van der Waals surface area contributed by atoms with E-state index < -0.39 is 11.9 Å². The summed E-state index contributed by atoms with van der Waals surface area (Å²) in [5, 5.41) is 9.59. The van der Waals surface area contributed by atoms with Crippen molar-refractivity contribution in [1.29, 1.82) is 0 Å². The maximum absolute atomic E-state index is 13.1. The zero-order chi connectivity index (χ0) is 24.7. The Morgan fingerprint density at radius 3 is 2.38 bits per heavy atom. The first kappa shape index (κ1) is 25.8. The molecule has 9 heteroatoms. The summed E-state index contributed by atoms with van der Waals surface area (Å²) in [4.78, 5) is 40.4. The standard InChI is InChI=1S/C25H30Cl2N4O3/c1-3-16(2)28-24(33)22(30-23(32)20-9-4-5-10-21(20)27)17-11-13-31(14-12-17)25(34)29-19-8-6-7-18(26)15-19/h4-10,15-17,22H,3,11-14H2,1-2H3,(H,28,33)(H,29,34)(H,30,32). The van der Waals surface area contributed by atoms with Crippen molar-refractivity contribution >= 4 is 46.7 Å². The number of rotatable bonds is 7. The molecule has 1 saturated heterocycles. The number of piperidine rings is 1. The molecular weight excluding hydrogens is 475 g/mol. The molecule has 2 aromatic carbocycles. The van der Waals surface area contributed by atoms with Crippen LogP contribution in [0.2, 0.25) is 10.0 Å². The molecule has 0 spiro atoms. The number of nitrogens with one attached hydrogen (secondary N) is 3. The van der Waals surface area contributed by atoms with Gasteiger partial charge in [0.2, 0.25) is 5.91 Å². The summed E-state index contributed by atoms with van der Waals surface area (Å²) >= 11 is 12.2. The lowest BCUT2D eigenvalue weighted by Crippen LogP contribution is -2.55. The molecule has 0 aliphatic carbocycles. The van der Waals surface area contributed by atoms with Crippen molar-refractivity contribution in [3.63, 3.8) is 0 Å². The second kappa shape index (κ2) is 12.1. The van der Waals surface area contributed by atoms with Crippen LogP contribution < -0.4 is 16.0 Å². The van der Waals surface area contributed by atoms with Gasteiger partial charge in [-0.3, -0.25) is 9.59 Å². The van der Waals surface area contributed by atoms with Crippen LogP contribution in [-0.2, 0) is 4.79 Å². The Balaban J connectivity index is 1.66. The van der Waals surface area contributed by atoms with Gasteiger partial charge in [0.15, 0.2) is 0 Å². The number of carbonyl (C=O) groups excluding carboxylic acids is 3. The predicted octanol–water partition coefficient (Wildman–Crippen LogP) is 4.95. The maximum atomic E-state index is 13.1. The van der Waals surface area contributed by atoms with Crippen molar-refractivity contribution in [2.24, 2.45) is 5.92 Å². The van der Waals surface area contributed by atoms with E-state index in [4.69, 9.17) is 23.2 Å². The Kier molecular flexibility index (Phi) is 9.19. The molecule has 2 atom stereocenters. The smallest absolute Gasteiger partial charge is 0.321 e. The third kappa shape index (κ3) is 6.87. The van der Waals surface area contributed by atoms with Gasteiger partial charge in [-0.15, -0.1) is 0 Å². The minimum absolute atomic E-state index is 0.0178. The Hall–Kier alpha value is -2.77. The molecule has 0 aromatic heterocycles. The maximum Gasteiger partial charge on any atom is 0.321 e. The molecule has 1 aliphatic rings. The number of hydrogen-bond acceptors (Lipinski definition) is 3. The fourth-order valence-corrected chi connectivity index (χ4v) is 4.31. The minimum atomic E-state index is -0.726. The van der Waals surface area contributed by atoms with Gasteiger partial charge in [0.05, 0.1) is 10.6 Å². The Labute approximate surface area is 210 Å². The third-order valence-electron chi connectivity index (χ3n) is 6.06. The molecule has 7 nitrogen and oxygen atoms in total. The van der Waals surface area contributed by atoms with E-state index in [1.165, 1.54) is 0 Å². The average Bonchev–Trinajstić information content (AvgIpc) is 2.82. The van der Waals surface area contributed by atoms with Crippen LogP contribution >= 0.6 is 23.2 Å². The van der Waals surface area contributed by atoms with Crippen LogP contribution in [0.15, 0.2) is 48.5 Å². The van der Waals surface area contributed by atoms with E-state index in [0.717, 1.165) is 6.42 Å². The molecule has 0 radical (unpaired) electrons. The lowest BCUT2D eigenvalue weighted by Gasteiger charge is -2.36. The Bertz CT molecular complexity index is 1020. The molecular formula is C25H30Cl2N4O3. The van der Waals surface area contributed by atoms with E-state index in [-0.39, 0.29) is 23.9 Å². The second-order valence-electron chi connectivity index (χ2n) is 8.51. The minimum Gasteiger partial charge on any atom is -0.352 e. The highest BCUT2D eigenvalue weighted by molar-refractivity contribution is 6.33. The molecule has 3 N–H and O–H groups in total. The van der Waals surface area contributed by atoms with Gasteiger partial charge >= 0.3 is 6.03 Å². The quantitative estimate of drug-likeness (QED) is 0.498. The van der Waals surface area contributed by atoms with E-state index >= 15 is 0 Å². The number of nitrogens with zero attached hydrogens (tertiary/aromatic N) is 1. The molecule has 2 unspecified atom stereocenters. The normalized spacial score (nSPS) is 15.8. The zero-order valence-electron chi connectivity index (χ0n) is 19.3. The lowest BCUT2D eigenvalue weighted by molar-refractivity contribution is -0.125. The zero-order valence-corrected chi connectivity index (χ0v) is 20.8. The largest absolute Gasteiger partial charge is 0.352 e. The molecule has 2 aromatic rings. The van der Waals surface area contributed by atoms with Crippen molar-refractivity contribution < 1.29 is 14.4 Å². The first-order valence-corrected chi connectivity index (χ1v) is 12.2. The van der Waals surface area contributed by atoms with Crippen molar-refractivity contribution in [1.82, 2.24) is 15.5 Å². The first-order chi connectivity index (χ1) is 16.3. The van der Waals surface area contributed by atoms with Crippen LogP contribution in [0.4, 0.5) is 10.5 Å². The van der Waals surface area contributed by atoms with Crippen LogP contribution in [0.25, 0.3) is 0 Å². The van der Waals surface area contributed by atoms with E-state index in [2.05, 4.69) is 16.0 Å². The van der Waals surface area contributed by atoms with Crippen molar-refractivity contribution in [2.75, 3.05) is 18.4 Å². The van der Waals surface area contributed by atoms with Gasteiger partial charge in [-0.2, -0.15) is 0 Å². The average molecular weight is 505 g/mol. The summed E-state index contributed by atoms with van der Waals surface area (Å²) in [5.41, 5.74) is 0.946. The fraction of sp³-hybridized carbons (Fsp3) is 0.400. The molecule has 3 rings (SSSR count). The number of amides is 4. The van der Waals surface area contributed by atoms with Crippen molar-refractivity contribution in [3.05, 3.63) is 64.1 Å². The third-order valence-corrected chi connectivity index (χ3v) is 6.63. The highest BCUT2D eigenvalue weighted by atomic mass is 35.5. The fourth-order valence-electron chi connectivity index (χ4n) is 3.90. The van der Waals surface area contributed by atoms with Gasteiger partial charge in [-0.05, 0) is 62.4 Å². The van der Waals surface area contributed by atoms with E-state index in [0.29, 0.717) is 47.2 Å². The Morgan fingerprint density at radius 2 is 1.74 bits per heavy atom. The molecule has 182 valence electrons. The molecule has 1 fully saturated rings. The van der Waals surface area contributed by atoms with Crippen LogP contribution in [0.1, 0.15) is 43.5 Å². The summed E-state index contributed by atoms with van der Waals surface area (Å²) in [6.07, 6.45) is 1.92. The molecule has 1 aliphatic heterocycles. The lowest BCUT2D eigenvalue weighted by atomic mass is 9.88. The van der Waals surface area contributed by atoms with E-state index in [1.807, 2.05) is 13.8 Å². The number of carbonyl (C=O) groups is 3. The molecule has 0 bridgehead atoms. The number of benzene rings is 2. The Morgan fingerprint density at radius 1 is 1.03 bits per heavy atom. The van der Waals surface area contributed by atoms with E-state index in [1.54, 1.807) is 53.4 Å². The summed E-state index contributed by atoms with van der Waals surface area (Å²) in [7, 11) is 0. The van der Waals surface area contributed by atoms with Gasteiger partial charge in [-0.25, -0.2) is 4.79 Å². The summed E-state index contributed by atoms with van der Waals surface area (Å²) in [6, 6.07) is 12.8. The van der Waals surface area contributed by atoms with Crippen LogP contribution in [0.5, 0.6) is 0 Å². The van der Waals surface area contributed by atoms with Crippen LogP contribution in [-0.4, -0.2) is 47.9 Å². The second-order valence-corrected chi connectivity index (χ2v) is 9.36. The number of likely N-dealkylation sites (tertiary alicyclic amines) is 1. The first-order valence-electron chi connectivity index (χ1n) is 11.5. The van der Waals surface area contributed by atoms with Crippen LogP contribution in [0, 0.1) is 5.92 Å². The topological polar surface area (TPSA) is 90.5 Å². The summed E-state index contributed by atoms with van der Waals surface area (Å²) in [5.74, 6) is -0.738. The highest BCUT2D eigenvalue weighted by Gasteiger charge is 2.34. The number of anilines is 1. The molecule has 0 saturated carbocycles. The van der Waals surface area contributed by atoms with Gasteiger partial charge in [-0.1, -0.05) is 48.3 Å². The summed E-state index contributed by atoms with van der Waals surface area (Å²) < 4.78 is 0. The molecule has 1 heterocycles. The van der Waals surface area contributed by atoms with Crippen molar-refractivity contribution in [2.45, 2.75) is 45.2 Å². The highest BCUT2D eigenvalue weighted by Crippen LogP contribution is 2.24. The predicted molar refractivity (Wildman–Crippen MR) is 135 cm³/mol.